The first-order chi connectivity index (χ1) is 10.1. The van der Waals surface area contributed by atoms with Crippen LogP contribution in [0.15, 0.2) is 12.1 Å². The first-order valence-corrected chi connectivity index (χ1v) is 6.91. The Morgan fingerprint density at radius 2 is 1.73 bits per heavy atom. The van der Waals surface area contributed by atoms with Gasteiger partial charge in [0.15, 0.2) is 11.5 Å². The van der Waals surface area contributed by atoms with Gasteiger partial charge in [-0.2, -0.15) is 0 Å². The molecule has 0 aliphatic carbocycles. The van der Waals surface area contributed by atoms with Gasteiger partial charge in [0.2, 0.25) is 0 Å². The van der Waals surface area contributed by atoms with Gasteiger partial charge in [0, 0.05) is 31.3 Å². The maximum atomic E-state index is 12.7. The molecule has 2 rings (SSSR count). The van der Waals surface area contributed by atoms with E-state index in [4.69, 9.17) is 14.2 Å². The normalized spacial score (nSPS) is 16.9. The van der Waals surface area contributed by atoms with Crippen molar-refractivity contribution >= 4 is 18.3 Å². The summed E-state index contributed by atoms with van der Waals surface area (Å²) in [5.41, 5.74) is 0.493. The number of rotatable bonds is 5. The Bertz CT molecular complexity index is 525. The minimum Gasteiger partial charge on any atom is -0.496 e. The van der Waals surface area contributed by atoms with Gasteiger partial charge in [-0.05, 0) is 13.5 Å². The molecule has 1 fully saturated rings. The number of carbonyl (C=O) groups excluding carboxylic acids is 1. The summed E-state index contributed by atoms with van der Waals surface area (Å²) in [5.74, 6) is 1.50. The summed E-state index contributed by atoms with van der Waals surface area (Å²) < 4.78 is 15.8. The van der Waals surface area contributed by atoms with Crippen LogP contribution in [0.1, 0.15) is 16.8 Å². The quantitative estimate of drug-likeness (QED) is 0.888. The molecule has 1 aliphatic rings. The second kappa shape index (κ2) is 8.10. The smallest absolute Gasteiger partial charge is 0.257 e. The summed E-state index contributed by atoms with van der Waals surface area (Å²) >= 11 is 0. The highest BCUT2D eigenvalue weighted by Gasteiger charge is 2.28. The molecule has 1 aromatic carbocycles. The van der Waals surface area contributed by atoms with Crippen LogP contribution < -0.4 is 19.5 Å². The molecule has 1 unspecified atom stereocenters. The highest BCUT2D eigenvalue weighted by molar-refractivity contribution is 5.98. The molecule has 1 aromatic rings. The van der Waals surface area contributed by atoms with Gasteiger partial charge in [-0.15, -0.1) is 12.4 Å². The highest BCUT2D eigenvalue weighted by Crippen LogP contribution is 2.35. The van der Waals surface area contributed by atoms with Crippen LogP contribution in [0.3, 0.4) is 0 Å². The minimum atomic E-state index is -0.0504. The van der Waals surface area contributed by atoms with E-state index in [9.17, 15) is 4.79 Å². The van der Waals surface area contributed by atoms with E-state index >= 15 is 0 Å². The van der Waals surface area contributed by atoms with Crippen molar-refractivity contribution in [3.05, 3.63) is 17.7 Å². The number of nitrogens with one attached hydrogen (secondary N) is 1. The fourth-order valence-electron chi connectivity index (χ4n) is 2.55. The molecule has 7 heteroatoms. The van der Waals surface area contributed by atoms with E-state index in [1.54, 1.807) is 33.5 Å². The molecule has 0 bridgehead atoms. The van der Waals surface area contributed by atoms with Crippen LogP contribution in [0.2, 0.25) is 0 Å². The Morgan fingerprint density at radius 1 is 1.14 bits per heavy atom. The number of carbonyl (C=O) groups is 1. The number of halogens is 1. The number of likely N-dealkylation sites (N-methyl/N-ethyl adjacent to an activating group) is 1. The first-order valence-electron chi connectivity index (χ1n) is 6.91. The molecule has 0 aromatic heterocycles. The number of methoxy groups -OCH3 is 3. The van der Waals surface area contributed by atoms with Crippen LogP contribution in [0.25, 0.3) is 0 Å². The van der Waals surface area contributed by atoms with Crippen LogP contribution >= 0.6 is 12.4 Å². The van der Waals surface area contributed by atoms with Gasteiger partial charge < -0.3 is 24.4 Å². The molecule has 124 valence electrons. The molecule has 1 amide bonds. The standard InChI is InChI=1S/C15H22N2O4.ClH/c1-16-10-5-6-17(9-10)15(18)11-7-13(20-3)14(21-4)8-12(11)19-2;/h7-8,10,16H,5-6,9H2,1-4H3;1H. The van der Waals surface area contributed by atoms with E-state index in [0.717, 1.165) is 13.0 Å². The molecule has 22 heavy (non-hydrogen) atoms. The van der Waals surface area contributed by atoms with Crippen LogP contribution in [-0.2, 0) is 0 Å². The lowest BCUT2D eigenvalue weighted by Crippen LogP contribution is -2.33. The average Bonchev–Trinajstić information content (AvgIpc) is 3.01. The number of nitrogens with zero attached hydrogens (tertiary/aromatic N) is 1. The summed E-state index contributed by atoms with van der Waals surface area (Å²) in [5, 5.41) is 3.20. The van der Waals surface area contributed by atoms with Gasteiger partial charge in [-0.25, -0.2) is 0 Å². The minimum absolute atomic E-state index is 0. The van der Waals surface area contributed by atoms with Crippen molar-refractivity contribution in [2.45, 2.75) is 12.5 Å². The van der Waals surface area contributed by atoms with Gasteiger partial charge >= 0.3 is 0 Å². The predicted molar refractivity (Wildman–Crippen MR) is 86.7 cm³/mol. The van der Waals surface area contributed by atoms with Crippen molar-refractivity contribution in [1.82, 2.24) is 10.2 Å². The molecule has 0 spiro atoms. The third kappa shape index (κ3) is 3.56. The van der Waals surface area contributed by atoms with E-state index in [1.807, 2.05) is 11.9 Å². The van der Waals surface area contributed by atoms with Crippen molar-refractivity contribution in [2.75, 3.05) is 41.5 Å². The Kier molecular flexibility index (Phi) is 6.77. The predicted octanol–water partition coefficient (Wildman–Crippen LogP) is 1.57. The lowest BCUT2D eigenvalue weighted by molar-refractivity contribution is 0.0786. The highest BCUT2D eigenvalue weighted by atomic mass is 35.5. The molecule has 1 saturated heterocycles. The topological polar surface area (TPSA) is 60.0 Å². The van der Waals surface area contributed by atoms with Crippen LogP contribution in [0.4, 0.5) is 0 Å². The Morgan fingerprint density at radius 3 is 2.23 bits per heavy atom. The Labute approximate surface area is 137 Å². The molecule has 1 heterocycles. The average molecular weight is 331 g/mol. The zero-order valence-electron chi connectivity index (χ0n) is 13.3. The summed E-state index contributed by atoms with van der Waals surface area (Å²) in [6, 6.07) is 3.70. The maximum Gasteiger partial charge on any atom is 0.257 e. The fourth-order valence-corrected chi connectivity index (χ4v) is 2.55. The van der Waals surface area contributed by atoms with Gasteiger partial charge in [0.05, 0.1) is 26.9 Å². The van der Waals surface area contributed by atoms with Crippen molar-refractivity contribution in [3.8, 4) is 17.2 Å². The number of ether oxygens (including phenoxy) is 3. The van der Waals surface area contributed by atoms with Crippen LogP contribution in [0, 0.1) is 0 Å². The molecule has 6 nitrogen and oxygen atoms in total. The molecule has 1 N–H and O–H groups in total. The summed E-state index contributed by atoms with van der Waals surface area (Å²) in [7, 11) is 6.55. The second-order valence-corrected chi connectivity index (χ2v) is 4.93. The zero-order valence-corrected chi connectivity index (χ0v) is 14.2. The number of amides is 1. The van der Waals surface area contributed by atoms with E-state index in [0.29, 0.717) is 35.4 Å². The lowest BCUT2D eigenvalue weighted by atomic mass is 10.1. The van der Waals surface area contributed by atoms with Crippen molar-refractivity contribution in [1.29, 1.82) is 0 Å². The second-order valence-electron chi connectivity index (χ2n) is 4.93. The third-order valence-corrected chi connectivity index (χ3v) is 3.82. The number of likely N-dealkylation sites (tertiary alicyclic amines) is 1. The van der Waals surface area contributed by atoms with Gasteiger partial charge in [-0.3, -0.25) is 4.79 Å². The SMILES string of the molecule is CNC1CCN(C(=O)c2cc(OC)c(OC)cc2OC)C1.Cl. The Balaban J connectivity index is 0.00000242. The number of hydrogen-bond donors (Lipinski definition) is 1. The van der Waals surface area contributed by atoms with E-state index in [2.05, 4.69) is 5.32 Å². The summed E-state index contributed by atoms with van der Waals surface area (Å²) in [6.45, 7) is 1.44. The zero-order chi connectivity index (χ0) is 15.4. The van der Waals surface area contributed by atoms with Gasteiger partial charge in [-0.1, -0.05) is 0 Å². The molecule has 0 radical (unpaired) electrons. The number of benzene rings is 1. The van der Waals surface area contributed by atoms with E-state index < -0.39 is 0 Å². The van der Waals surface area contributed by atoms with Crippen molar-refractivity contribution in [3.63, 3.8) is 0 Å². The first kappa shape index (κ1) is 18.4. The van der Waals surface area contributed by atoms with Crippen molar-refractivity contribution < 1.29 is 19.0 Å². The third-order valence-electron chi connectivity index (χ3n) is 3.82. The van der Waals surface area contributed by atoms with E-state index in [-0.39, 0.29) is 18.3 Å². The van der Waals surface area contributed by atoms with Crippen LogP contribution in [-0.4, -0.2) is 58.3 Å². The lowest BCUT2D eigenvalue weighted by Gasteiger charge is -2.19. The Hall–Kier alpha value is -1.66. The number of hydrogen-bond acceptors (Lipinski definition) is 5. The summed E-state index contributed by atoms with van der Waals surface area (Å²) in [4.78, 5) is 14.5. The molecule has 1 atom stereocenters. The van der Waals surface area contributed by atoms with Gasteiger partial charge in [0.1, 0.15) is 5.75 Å². The molecule has 1 aliphatic heterocycles. The molecular formula is C15H23ClN2O4. The monoisotopic (exact) mass is 330 g/mol. The van der Waals surface area contributed by atoms with Crippen LogP contribution in [0.5, 0.6) is 17.2 Å². The van der Waals surface area contributed by atoms with Crippen molar-refractivity contribution in [2.24, 2.45) is 0 Å². The summed E-state index contributed by atoms with van der Waals surface area (Å²) in [6.07, 6.45) is 0.956. The van der Waals surface area contributed by atoms with Gasteiger partial charge in [0.25, 0.3) is 5.91 Å². The molecule has 0 saturated carbocycles. The molecular weight excluding hydrogens is 308 g/mol. The maximum absolute atomic E-state index is 12.7. The fraction of sp³-hybridized carbons (Fsp3) is 0.533. The van der Waals surface area contributed by atoms with E-state index in [1.165, 1.54) is 0 Å². The largest absolute Gasteiger partial charge is 0.496 e.